The minimum atomic E-state index is -0.724. The maximum atomic E-state index is 13.8. The number of nitrogens with one attached hydrogen (secondary N) is 2. The van der Waals surface area contributed by atoms with Gasteiger partial charge in [0.25, 0.3) is 0 Å². The molecular formula is C11H8F2N6. The molecule has 0 aliphatic rings. The average Bonchev–Trinajstić information content (AvgIpc) is 2.99. The summed E-state index contributed by atoms with van der Waals surface area (Å²) in [5, 5.41) is 16.5. The van der Waals surface area contributed by atoms with Crippen molar-refractivity contribution in [2.75, 3.05) is 5.73 Å². The van der Waals surface area contributed by atoms with E-state index in [0.717, 1.165) is 12.1 Å². The van der Waals surface area contributed by atoms with Crippen LogP contribution in [0.3, 0.4) is 0 Å². The fourth-order valence-electron chi connectivity index (χ4n) is 1.83. The topological polar surface area (TPSA) is 96.3 Å². The second-order valence-electron chi connectivity index (χ2n) is 3.84. The normalized spacial score (nSPS) is 10.8. The molecule has 0 spiro atoms. The Bertz CT molecular complexity index is 719. The van der Waals surface area contributed by atoms with E-state index in [9.17, 15) is 8.78 Å². The molecule has 1 aromatic carbocycles. The summed E-state index contributed by atoms with van der Waals surface area (Å²) < 4.78 is 26.8. The van der Waals surface area contributed by atoms with Gasteiger partial charge in [0.05, 0.1) is 17.5 Å². The summed E-state index contributed by atoms with van der Waals surface area (Å²) in [5.74, 6) is -1.28. The smallest absolute Gasteiger partial charge is 0.153 e. The maximum Gasteiger partial charge on any atom is 0.153 e. The Balaban J connectivity index is 2.22. The number of halogens is 2. The fraction of sp³-hybridized carbons (Fsp3) is 0. The minimum Gasteiger partial charge on any atom is -0.382 e. The molecule has 19 heavy (non-hydrogen) atoms. The summed E-state index contributed by atoms with van der Waals surface area (Å²) in [5.41, 5.74) is 7.04. The van der Waals surface area contributed by atoms with Crippen LogP contribution in [0.1, 0.15) is 0 Å². The van der Waals surface area contributed by atoms with E-state index in [1.54, 1.807) is 0 Å². The maximum absolute atomic E-state index is 13.8. The molecular weight excluding hydrogens is 254 g/mol. The van der Waals surface area contributed by atoms with E-state index in [0.29, 0.717) is 17.0 Å². The predicted molar refractivity (Wildman–Crippen MR) is 63.7 cm³/mol. The lowest BCUT2D eigenvalue weighted by Crippen LogP contribution is -1.92. The zero-order valence-corrected chi connectivity index (χ0v) is 9.48. The summed E-state index contributed by atoms with van der Waals surface area (Å²) in [7, 11) is 0. The van der Waals surface area contributed by atoms with E-state index in [4.69, 9.17) is 5.73 Å². The lowest BCUT2D eigenvalue weighted by Gasteiger charge is -2.04. The number of nitrogens with zero attached hydrogens (tertiary/aromatic N) is 3. The van der Waals surface area contributed by atoms with Crippen LogP contribution in [0.25, 0.3) is 22.5 Å². The van der Waals surface area contributed by atoms with Crippen LogP contribution >= 0.6 is 0 Å². The molecule has 4 N–H and O–H groups in total. The van der Waals surface area contributed by atoms with Gasteiger partial charge in [0.2, 0.25) is 0 Å². The standard InChI is InChI=1S/C11H8F2N6/c12-5-1-2-6(7(13)3-5)9-10(17-18-11(9)14)8-4-15-19-16-8/h1-4H,(H3,14,17,18)(H,15,16,19). The van der Waals surface area contributed by atoms with Crippen molar-refractivity contribution in [1.29, 1.82) is 0 Å². The Kier molecular flexibility index (Phi) is 2.48. The number of aromatic nitrogens is 5. The highest BCUT2D eigenvalue weighted by molar-refractivity contribution is 5.86. The first-order valence-electron chi connectivity index (χ1n) is 5.32. The molecule has 0 saturated carbocycles. The van der Waals surface area contributed by atoms with Gasteiger partial charge in [-0.15, -0.1) is 0 Å². The predicted octanol–water partition coefficient (Wildman–Crippen LogP) is 1.72. The molecule has 0 unspecified atom stereocenters. The van der Waals surface area contributed by atoms with Crippen LogP contribution < -0.4 is 5.73 Å². The van der Waals surface area contributed by atoms with E-state index in [1.165, 1.54) is 12.3 Å². The third-order valence-corrected chi connectivity index (χ3v) is 2.67. The van der Waals surface area contributed by atoms with Gasteiger partial charge in [-0.2, -0.15) is 20.5 Å². The summed E-state index contributed by atoms with van der Waals surface area (Å²) in [6, 6.07) is 3.24. The van der Waals surface area contributed by atoms with E-state index in [2.05, 4.69) is 25.6 Å². The Morgan fingerprint density at radius 3 is 2.68 bits per heavy atom. The van der Waals surface area contributed by atoms with E-state index >= 15 is 0 Å². The molecule has 0 fully saturated rings. The van der Waals surface area contributed by atoms with Crippen molar-refractivity contribution in [3.63, 3.8) is 0 Å². The Morgan fingerprint density at radius 1 is 1.16 bits per heavy atom. The van der Waals surface area contributed by atoms with Crippen LogP contribution in [0.15, 0.2) is 24.4 Å². The van der Waals surface area contributed by atoms with Crippen LogP contribution in [0.4, 0.5) is 14.6 Å². The van der Waals surface area contributed by atoms with Crippen molar-refractivity contribution in [1.82, 2.24) is 25.6 Å². The van der Waals surface area contributed by atoms with Crippen LogP contribution in [0.5, 0.6) is 0 Å². The third kappa shape index (κ3) is 1.82. The number of aromatic amines is 2. The monoisotopic (exact) mass is 262 g/mol. The van der Waals surface area contributed by atoms with E-state index < -0.39 is 11.6 Å². The van der Waals surface area contributed by atoms with Crippen molar-refractivity contribution < 1.29 is 8.78 Å². The zero-order chi connectivity index (χ0) is 13.4. The van der Waals surface area contributed by atoms with E-state index in [1.807, 2.05) is 0 Å². The van der Waals surface area contributed by atoms with Gasteiger partial charge in [0.15, 0.2) is 5.82 Å². The fourth-order valence-corrected chi connectivity index (χ4v) is 1.83. The van der Waals surface area contributed by atoms with Crippen molar-refractivity contribution in [2.24, 2.45) is 0 Å². The summed E-state index contributed by atoms with van der Waals surface area (Å²) in [6.45, 7) is 0. The average molecular weight is 262 g/mol. The number of anilines is 1. The Labute approximate surface area is 105 Å². The number of benzene rings is 1. The Morgan fingerprint density at radius 2 is 2.00 bits per heavy atom. The third-order valence-electron chi connectivity index (χ3n) is 2.67. The van der Waals surface area contributed by atoms with Crippen molar-refractivity contribution in [3.8, 4) is 22.5 Å². The van der Waals surface area contributed by atoms with Gasteiger partial charge < -0.3 is 5.73 Å². The highest BCUT2D eigenvalue weighted by atomic mass is 19.1. The quantitative estimate of drug-likeness (QED) is 0.655. The molecule has 8 heteroatoms. The molecule has 2 heterocycles. The lowest BCUT2D eigenvalue weighted by molar-refractivity contribution is 0.585. The molecule has 0 bridgehead atoms. The number of nitrogens with two attached hydrogens (primary N) is 1. The molecule has 0 atom stereocenters. The number of H-pyrrole nitrogens is 2. The second-order valence-corrected chi connectivity index (χ2v) is 3.84. The largest absolute Gasteiger partial charge is 0.382 e. The molecule has 2 aromatic heterocycles. The molecule has 3 rings (SSSR count). The summed E-state index contributed by atoms with van der Waals surface area (Å²) in [6.07, 6.45) is 1.44. The molecule has 6 nitrogen and oxygen atoms in total. The van der Waals surface area contributed by atoms with E-state index in [-0.39, 0.29) is 11.4 Å². The molecule has 3 aromatic rings. The Hall–Kier alpha value is -2.77. The highest BCUT2D eigenvalue weighted by Crippen LogP contribution is 2.35. The van der Waals surface area contributed by atoms with Gasteiger partial charge in [-0.05, 0) is 12.1 Å². The van der Waals surface area contributed by atoms with Gasteiger partial charge in [-0.25, -0.2) is 8.78 Å². The number of nitrogen functional groups attached to an aromatic ring is 1. The van der Waals surface area contributed by atoms with Gasteiger partial charge in [-0.1, -0.05) is 0 Å². The number of hydrogen-bond donors (Lipinski definition) is 3. The van der Waals surface area contributed by atoms with Gasteiger partial charge in [0, 0.05) is 11.6 Å². The molecule has 96 valence electrons. The highest BCUT2D eigenvalue weighted by Gasteiger charge is 2.19. The number of rotatable bonds is 2. The van der Waals surface area contributed by atoms with Crippen LogP contribution in [-0.2, 0) is 0 Å². The van der Waals surface area contributed by atoms with Crippen LogP contribution in [-0.4, -0.2) is 25.6 Å². The van der Waals surface area contributed by atoms with Crippen molar-refractivity contribution >= 4 is 5.82 Å². The van der Waals surface area contributed by atoms with Gasteiger partial charge in [0.1, 0.15) is 17.3 Å². The molecule has 0 aliphatic heterocycles. The number of hydrogen-bond acceptors (Lipinski definition) is 4. The molecule has 0 radical (unpaired) electrons. The van der Waals surface area contributed by atoms with Crippen molar-refractivity contribution in [3.05, 3.63) is 36.0 Å². The molecule has 0 aliphatic carbocycles. The first-order valence-corrected chi connectivity index (χ1v) is 5.32. The molecule has 0 saturated heterocycles. The lowest BCUT2D eigenvalue weighted by atomic mass is 10.0. The zero-order valence-electron chi connectivity index (χ0n) is 9.48. The van der Waals surface area contributed by atoms with Gasteiger partial charge in [-0.3, -0.25) is 5.10 Å². The van der Waals surface area contributed by atoms with Gasteiger partial charge >= 0.3 is 0 Å². The first-order chi connectivity index (χ1) is 9.16. The summed E-state index contributed by atoms with van der Waals surface area (Å²) >= 11 is 0. The summed E-state index contributed by atoms with van der Waals surface area (Å²) in [4.78, 5) is 0. The van der Waals surface area contributed by atoms with Crippen LogP contribution in [0, 0.1) is 11.6 Å². The van der Waals surface area contributed by atoms with Crippen LogP contribution in [0.2, 0.25) is 0 Å². The second kappa shape index (κ2) is 4.16. The minimum absolute atomic E-state index is 0.100. The molecule has 0 amide bonds. The first kappa shape index (κ1) is 11.3. The van der Waals surface area contributed by atoms with Crippen molar-refractivity contribution in [2.45, 2.75) is 0 Å². The SMILES string of the molecule is Nc1n[nH]c(-c2cn[nH]n2)c1-c1ccc(F)cc1F.